The van der Waals surface area contributed by atoms with Gasteiger partial charge in [-0.1, -0.05) is 31.5 Å². The molecule has 12 heteroatoms. The highest BCUT2D eigenvalue weighted by Crippen LogP contribution is 2.21. The molecule has 1 aromatic carbocycles. The van der Waals surface area contributed by atoms with Crippen LogP contribution in [0.5, 0.6) is 0 Å². The zero-order chi connectivity index (χ0) is 25.6. The molecule has 4 N–H and O–H groups in total. The van der Waals surface area contributed by atoms with Crippen LogP contribution in [-0.4, -0.2) is 72.5 Å². The summed E-state index contributed by atoms with van der Waals surface area (Å²) in [6.45, 7) is 5.66. The van der Waals surface area contributed by atoms with Crippen molar-refractivity contribution in [1.29, 1.82) is 0 Å². The number of carboxylic acid groups (broad SMARTS) is 2. The summed E-state index contributed by atoms with van der Waals surface area (Å²) in [4.78, 5) is 49.1. The van der Waals surface area contributed by atoms with Crippen molar-refractivity contribution in [2.75, 3.05) is 13.1 Å². The van der Waals surface area contributed by atoms with E-state index in [1.54, 1.807) is 26.0 Å². The molecule has 1 aliphatic heterocycles. The van der Waals surface area contributed by atoms with E-state index in [-0.39, 0.29) is 36.7 Å². The molecular formula is C22H31N3O8S. The van der Waals surface area contributed by atoms with Crippen LogP contribution in [0.1, 0.15) is 38.7 Å². The maximum Gasteiger partial charge on any atom is 0.326 e. The molecule has 1 fully saturated rings. The number of aryl methyl sites for hydroxylation is 1. The molecule has 0 aliphatic carbocycles. The second kappa shape index (κ2) is 11.4. The van der Waals surface area contributed by atoms with Gasteiger partial charge >= 0.3 is 11.9 Å². The monoisotopic (exact) mass is 497 g/mol. The van der Waals surface area contributed by atoms with Gasteiger partial charge in [0.1, 0.15) is 12.1 Å². The van der Waals surface area contributed by atoms with E-state index < -0.39 is 58.2 Å². The molecule has 34 heavy (non-hydrogen) atoms. The van der Waals surface area contributed by atoms with Crippen molar-refractivity contribution in [2.45, 2.75) is 57.0 Å². The van der Waals surface area contributed by atoms with Crippen molar-refractivity contribution in [1.82, 2.24) is 14.9 Å². The van der Waals surface area contributed by atoms with Crippen molar-refractivity contribution in [3.05, 3.63) is 29.8 Å². The van der Waals surface area contributed by atoms with Crippen LogP contribution in [0.4, 0.5) is 0 Å². The van der Waals surface area contributed by atoms with E-state index in [4.69, 9.17) is 10.2 Å². The van der Waals surface area contributed by atoms with E-state index in [0.717, 1.165) is 5.56 Å². The maximum absolute atomic E-state index is 13.1. The number of aliphatic carboxylic acids is 2. The summed E-state index contributed by atoms with van der Waals surface area (Å²) in [6, 6.07) is 3.75. The minimum atomic E-state index is -3.93. The third-order valence-electron chi connectivity index (χ3n) is 5.72. The topological polar surface area (TPSA) is 170 Å². The molecule has 2 rings (SSSR count). The first-order valence-electron chi connectivity index (χ1n) is 10.9. The molecule has 1 heterocycles. The van der Waals surface area contributed by atoms with Crippen LogP contribution in [0.25, 0.3) is 0 Å². The number of benzene rings is 1. The normalized spacial score (nSPS) is 16.6. The van der Waals surface area contributed by atoms with E-state index in [1.165, 1.54) is 17.0 Å². The summed E-state index contributed by atoms with van der Waals surface area (Å²) in [5.74, 6) is -4.69. The standard InChI is InChI=1S/C22H31N3O8S/c1-13(2)19(24-34(32,33)16-6-4-14(3)5-7-16)21(29)25-10-8-15(9-11-25)20(28)23-17(22(30)31)12-18(26)27/h4-7,13,15,17,19,24H,8-12H2,1-3H3,(H,23,28)(H,26,27)(H,30,31)/t17-,19-/m0/s1. The minimum absolute atomic E-state index is 0.0567. The highest BCUT2D eigenvalue weighted by molar-refractivity contribution is 7.89. The smallest absolute Gasteiger partial charge is 0.326 e. The van der Waals surface area contributed by atoms with Gasteiger partial charge in [-0.05, 0) is 37.8 Å². The van der Waals surface area contributed by atoms with E-state index in [0.29, 0.717) is 0 Å². The largest absolute Gasteiger partial charge is 0.481 e. The summed E-state index contributed by atoms with van der Waals surface area (Å²) in [7, 11) is -3.93. The van der Waals surface area contributed by atoms with Crippen molar-refractivity contribution >= 4 is 33.8 Å². The number of hydrogen-bond acceptors (Lipinski definition) is 6. The van der Waals surface area contributed by atoms with Crippen LogP contribution in [-0.2, 0) is 29.2 Å². The maximum atomic E-state index is 13.1. The third kappa shape index (κ3) is 7.26. The summed E-state index contributed by atoms with van der Waals surface area (Å²) in [6.07, 6.45) is -0.255. The summed E-state index contributed by atoms with van der Waals surface area (Å²) < 4.78 is 28.1. The van der Waals surface area contributed by atoms with Crippen molar-refractivity contribution in [3.8, 4) is 0 Å². The Morgan fingerprint density at radius 3 is 2.09 bits per heavy atom. The molecule has 0 saturated carbocycles. The number of hydrogen-bond donors (Lipinski definition) is 4. The molecule has 1 aromatic rings. The van der Waals surface area contributed by atoms with Gasteiger partial charge in [0.05, 0.1) is 11.3 Å². The van der Waals surface area contributed by atoms with Gasteiger partial charge in [-0.25, -0.2) is 13.2 Å². The Morgan fingerprint density at radius 1 is 1.06 bits per heavy atom. The predicted octanol–water partition coefficient (Wildman–Crippen LogP) is 0.581. The third-order valence-corrected chi connectivity index (χ3v) is 7.17. The number of carbonyl (C=O) groups is 4. The number of nitrogens with zero attached hydrogens (tertiary/aromatic N) is 1. The molecule has 188 valence electrons. The van der Waals surface area contributed by atoms with Crippen molar-refractivity contribution in [2.24, 2.45) is 11.8 Å². The van der Waals surface area contributed by atoms with Crippen LogP contribution < -0.4 is 10.0 Å². The average Bonchev–Trinajstić information content (AvgIpc) is 2.76. The number of amides is 2. The van der Waals surface area contributed by atoms with Crippen LogP contribution in [0.3, 0.4) is 0 Å². The summed E-state index contributed by atoms with van der Waals surface area (Å²) in [5.41, 5.74) is 0.903. The summed E-state index contributed by atoms with van der Waals surface area (Å²) in [5, 5.41) is 20.1. The fraction of sp³-hybridized carbons (Fsp3) is 0.545. The quantitative estimate of drug-likeness (QED) is 0.364. The lowest BCUT2D eigenvalue weighted by atomic mass is 9.94. The Morgan fingerprint density at radius 2 is 1.62 bits per heavy atom. The number of carbonyl (C=O) groups excluding carboxylic acids is 2. The molecule has 0 radical (unpaired) electrons. The lowest BCUT2D eigenvalue weighted by Gasteiger charge is -2.35. The lowest BCUT2D eigenvalue weighted by molar-refractivity contribution is -0.148. The first-order valence-corrected chi connectivity index (χ1v) is 12.4. The zero-order valence-electron chi connectivity index (χ0n) is 19.4. The highest BCUT2D eigenvalue weighted by Gasteiger charge is 2.35. The van der Waals surface area contributed by atoms with Crippen molar-refractivity contribution < 1.29 is 37.8 Å². The minimum Gasteiger partial charge on any atom is -0.481 e. The van der Waals surface area contributed by atoms with Gasteiger partial charge in [0.15, 0.2) is 0 Å². The number of likely N-dealkylation sites (tertiary alicyclic amines) is 1. The fourth-order valence-electron chi connectivity index (χ4n) is 3.65. The molecule has 2 amide bonds. The van der Waals surface area contributed by atoms with E-state index in [2.05, 4.69) is 10.0 Å². The molecule has 0 bridgehead atoms. The molecule has 11 nitrogen and oxygen atoms in total. The molecular weight excluding hydrogens is 466 g/mol. The number of nitrogens with one attached hydrogen (secondary N) is 2. The second-order valence-corrected chi connectivity index (χ2v) is 10.5. The molecule has 0 aromatic heterocycles. The number of carboxylic acids is 2. The van der Waals surface area contributed by atoms with E-state index in [1.807, 2.05) is 6.92 Å². The van der Waals surface area contributed by atoms with Gasteiger partial charge in [-0.15, -0.1) is 0 Å². The molecule has 0 spiro atoms. The first-order chi connectivity index (χ1) is 15.8. The fourth-order valence-corrected chi connectivity index (χ4v) is 4.99. The average molecular weight is 498 g/mol. The van der Waals surface area contributed by atoms with Gasteiger partial charge in [-0.3, -0.25) is 14.4 Å². The first kappa shape index (κ1) is 27.3. The van der Waals surface area contributed by atoms with Crippen LogP contribution in [0, 0.1) is 18.8 Å². The van der Waals surface area contributed by atoms with Gasteiger partial charge in [0.25, 0.3) is 0 Å². The van der Waals surface area contributed by atoms with Gasteiger partial charge < -0.3 is 20.4 Å². The second-order valence-electron chi connectivity index (χ2n) is 8.75. The Hall–Kier alpha value is -2.99. The van der Waals surface area contributed by atoms with Gasteiger partial charge in [0.2, 0.25) is 21.8 Å². The SMILES string of the molecule is Cc1ccc(S(=O)(=O)N[C@H](C(=O)N2CCC(C(=O)N[C@@H](CC(=O)O)C(=O)O)CC2)C(C)C)cc1. The number of piperidine rings is 1. The number of sulfonamides is 1. The van der Waals surface area contributed by atoms with Gasteiger partial charge in [-0.2, -0.15) is 4.72 Å². The highest BCUT2D eigenvalue weighted by atomic mass is 32.2. The molecule has 1 saturated heterocycles. The summed E-state index contributed by atoms with van der Waals surface area (Å²) >= 11 is 0. The molecule has 1 aliphatic rings. The van der Waals surface area contributed by atoms with Gasteiger partial charge in [0, 0.05) is 19.0 Å². The predicted molar refractivity (Wildman–Crippen MR) is 121 cm³/mol. The number of rotatable bonds is 10. The Labute approximate surface area is 198 Å². The Bertz CT molecular complexity index is 1020. The van der Waals surface area contributed by atoms with E-state index >= 15 is 0 Å². The Kier molecular flexibility index (Phi) is 9.16. The Balaban J connectivity index is 2.01. The zero-order valence-corrected chi connectivity index (χ0v) is 20.2. The molecule has 2 atom stereocenters. The van der Waals surface area contributed by atoms with E-state index in [9.17, 15) is 27.6 Å². The lowest BCUT2D eigenvalue weighted by Crippen LogP contribution is -2.54. The van der Waals surface area contributed by atoms with Crippen LogP contribution >= 0.6 is 0 Å². The molecule has 0 unspecified atom stereocenters. The van der Waals surface area contributed by atoms with Crippen LogP contribution in [0.15, 0.2) is 29.2 Å². The van der Waals surface area contributed by atoms with Crippen LogP contribution in [0.2, 0.25) is 0 Å². The van der Waals surface area contributed by atoms with Crippen molar-refractivity contribution in [3.63, 3.8) is 0 Å².